The van der Waals surface area contributed by atoms with Crippen LogP contribution in [0.1, 0.15) is 54.8 Å². The van der Waals surface area contributed by atoms with Crippen LogP contribution in [-0.4, -0.2) is 29.0 Å². The fourth-order valence-electron chi connectivity index (χ4n) is 3.37. The topological polar surface area (TPSA) is 34.5 Å². The van der Waals surface area contributed by atoms with Crippen LogP contribution < -0.4 is 4.74 Å². The molecule has 0 N–H and O–H groups in total. The molecule has 0 spiro atoms. The van der Waals surface area contributed by atoms with E-state index in [1.54, 1.807) is 7.11 Å². The fourth-order valence-corrected chi connectivity index (χ4v) is 3.81. The molecular weight excluding hydrogens is 368 g/mol. The van der Waals surface area contributed by atoms with E-state index in [0.717, 1.165) is 35.3 Å². The maximum Gasteiger partial charge on any atom is 0.271 e. The molecule has 0 aliphatic carbocycles. The number of aromatic nitrogens is 1. The van der Waals surface area contributed by atoms with E-state index in [9.17, 15) is 4.79 Å². The number of amides is 1. The Balaban J connectivity index is 1.88. The van der Waals surface area contributed by atoms with Gasteiger partial charge in [0.05, 0.1) is 13.2 Å². The highest BCUT2D eigenvalue weighted by atomic mass is 79.9. The molecule has 128 valence electrons. The van der Waals surface area contributed by atoms with Crippen LogP contribution in [0.5, 0.6) is 5.75 Å². The number of hydrogen-bond acceptors (Lipinski definition) is 2. The number of carbonyl (C=O) groups is 1. The second kappa shape index (κ2) is 7.01. The van der Waals surface area contributed by atoms with Crippen molar-refractivity contribution in [1.82, 2.24) is 9.47 Å². The highest BCUT2D eigenvalue weighted by Crippen LogP contribution is 2.34. The van der Waals surface area contributed by atoms with Crippen molar-refractivity contribution in [3.05, 3.63) is 52.3 Å². The number of benzene rings is 1. The van der Waals surface area contributed by atoms with Gasteiger partial charge in [-0.05, 0) is 66.4 Å². The van der Waals surface area contributed by atoms with Crippen LogP contribution in [0.4, 0.5) is 0 Å². The standard InChI is InChI=1S/C19H23BrN2O2/c1-13(2)22-12-15(20)11-18(22)19(23)21-10-4-5-17(21)14-6-8-16(24-3)9-7-14/h6-9,11-13,17H,4-5,10H2,1-3H3. The molecule has 1 atom stereocenters. The third-order valence-corrected chi connectivity index (χ3v) is 5.04. The van der Waals surface area contributed by atoms with Crippen molar-refractivity contribution in [3.63, 3.8) is 0 Å². The van der Waals surface area contributed by atoms with E-state index >= 15 is 0 Å². The lowest BCUT2D eigenvalue weighted by Crippen LogP contribution is -2.32. The first-order valence-electron chi connectivity index (χ1n) is 8.33. The Kier molecular flexibility index (Phi) is 4.99. The summed E-state index contributed by atoms with van der Waals surface area (Å²) in [5.74, 6) is 0.944. The fraction of sp³-hybridized carbons (Fsp3) is 0.421. The van der Waals surface area contributed by atoms with Gasteiger partial charge in [-0.25, -0.2) is 0 Å². The third-order valence-electron chi connectivity index (χ3n) is 4.60. The lowest BCUT2D eigenvalue weighted by molar-refractivity contribution is 0.0723. The van der Waals surface area contributed by atoms with E-state index in [2.05, 4.69) is 41.9 Å². The molecule has 0 radical (unpaired) electrons. The summed E-state index contributed by atoms with van der Waals surface area (Å²) in [6.45, 7) is 4.98. The van der Waals surface area contributed by atoms with Crippen LogP contribution >= 0.6 is 15.9 Å². The molecule has 2 heterocycles. The van der Waals surface area contributed by atoms with Gasteiger partial charge in [-0.2, -0.15) is 0 Å². The van der Waals surface area contributed by atoms with E-state index in [0.29, 0.717) is 0 Å². The molecule has 1 aromatic heterocycles. The minimum Gasteiger partial charge on any atom is -0.497 e. The van der Waals surface area contributed by atoms with Gasteiger partial charge in [0.25, 0.3) is 5.91 Å². The second-order valence-corrected chi connectivity index (χ2v) is 7.39. The Morgan fingerprint density at radius 2 is 2.00 bits per heavy atom. The van der Waals surface area contributed by atoms with Gasteiger partial charge in [0, 0.05) is 23.3 Å². The van der Waals surface area contributed by atoms with E-state index in [1.807, 2.05) is 33.9 Å². The number of ether oxygens (including phenoxy) is 1. The first kappa shape index (κ1) is 17.1. The highest BCUT2D eigenvalue weighted by Gasteiger charge is 2.32. The first-order valence-corrected chi connectivity index (χ1v) is 9.13. The van der Waals surface area contributed by atoms with Crippen LogP contribution in [0, 0.1) is 0 Å². The monoisotopic (exact) mass is 390 g/mol. The normalized spacial score (nSPS) is 17.5. The molecule has 5 heteroatoms. The van der Waals surface area contributed by atoms with Crippen molar-refractivity contribution in [2.75, 3.05) is 13.7 Å². The van der Waals surface area contributed by atoms with E-state index in [-0.39, 0.29) is 18.0 Å². The summed E-state index contributed by atoms with van der Waals surface area (Å²) in [5.41, 5.74) is 1.92. The van der Waals surface area contributed by atoms with E-state index in [1.165, 1.54) is 5.56 Å². The van der Waals surface area contributed by atoms with Crippen LogP contribution in [-0.2, 0) is 0 Å². The van der Waals surface area contributed by atoms with Gasteiger partial charge in [0.2, 0.25) is 0 Å². The molecule has 1 unspecified atom stereocenters. The molecule has 1 amide bonds. The molecular formula is C19H23BrN2O2. The van der Waals surface area contributed by atoms with Crippen molar-refractivity contribution in [1.29, 1.82) is 0 Å². The minimum atomic E-state index is 0.104. The van der Waals surface area contributed by atoms with Crippen LogP contribution in [0.3, 0.4) is 0 Å². The summed E-state index contributed by atoms with van der Waals surface area (Å²) in [4.78, 5) is 15.2. The van der Waals surface area contributed by atoms with Crippen molar-refractivity contribution in [3.8, 4) is 5.75 Å². The number of hydrogen-bond donors (Lipinski definition) is 0. The first-order chi connectivity index (χ1) is 11.5. The summed E-state index contributed by atoms with van der Waals surface area (Å²) in [7, 11) is 1.67. The number of methoxy groups -OCH3 is 1. The molecule has 0 saturated carbocycles. The predicted molar refractivity (Wildman–Crippen MR) is 98.5 cm³/mol. The predicted octanol–water partition coefficient (Wildman–Crippen LogP) is 4.82. The number of rotatable bonds is 4. The van der Waals surface area contributed by atoms with Gasteiger partial charge in [0.15, 0.2) is 0 Å². The molecule has 1 aliphatic rings. The average Bonchev–Trinajstić information content (AvgIpc) is 3.21. The second-order valence-electron chi connectivity index (χ2n) is 6.47. The van der Waals surface area contributed by atoms with Crippen molar-refractivity contribution in [2.45, 2.75) is 38.8 Å². The zero-order chi connectivity index (χ0) is 17.3. The zero-order valence-corrected chi connectivity index (χ0v) is 15.9. The SMILES string of the molecule is COc1ccc(C2CCCN2C(=O)c2cc(Br)cn2C(C)C)cc1. The molecule has 3 rings (SSSR count). The lowest BCUT2D eigenvalue weighted by Gasteiger charge is -2.26. The van der Waals surface area contributed by atoms with Gasteiger partial charge < -0.3 is 14.2 Å². The van der Waals surface area contributed by atoms with Gasteiger partial charge >= 0.3 is 0 Å². The van der Waals surface area contributed by atoms with E-state index in [4.69, 9.17) is 4.74 Å². The van der Waals surface area contributed by atoms with Gasteiger partial charge in [-0.15, -0.1) is 0 Å². The molecule has 0 bridgehead atoms. The summed E-state index contributed by atoms with van der Waals surface area (Å²) < 4.78 is 8.21. The van der Waals surface area contributed by atoms with Gasteiger partial charge in [0.1, 0.15) is 11.4 Å². The molecule has 4 nitrogen and oxygen atoms in total. The van der Waals surface area contributed by atoms with Crippen molar-refractivity contribution in [2.24, 2.45) is 0 Å². The maximum absolute atomic E-state index is 13.2. The molecule has 24 heavy (non-hydrogen) atoms. The van der Waals surface area contributed by atoms with Crippen LogP contribution in [0.25, 0.3) is 0 Å². The maximum atomic E-state index is 13.2. The summed E-state index contributed by atoms with van der Waals surface area (Å²) in [6.07, 6.45) is 4.02. The molecule has 2 aromatic rings. The van der Waals surface area contributed by atoms with Crippen molar-refractivity contribution >= 4 is 21.8 Å². The Morgan fingerprint density at radius 1 is 1.29 bits per heavy atom. The average molecular weight is 391 g/mol. The smallest absolute Gasteiger partial charge is 0.271 e. The summed E-state index contributed by atoms with van der Waals surface area (Å²) in [5, 5.41) is 0. The Labute approximate surface area is 151 Å². The largest absolute Gasteiger partial charge is 0.497 e. The number of carbonyl (C=O) groups excluding carboxylic acids is 1. The van der Waals surface area contributed by atoms with Crippen LogP contribution in [0.15, 0.2) is 41.0 Å². The number of likely N-dealkylation sites (tertiary alicyclic amines) is 1. The molecule has 1 aliphatic heterocycles. The van der Waals surface area contributed by atoms with Crippen LogP contribution in [0.2, 0.25) is 0 Å². The molecule has 1 saturated heterocycles. The van der Waals surface area contributed by atoms with E-state index < -0.39 is 0 Å². The Hall–Kier alpha value is -1.75. The summed E-state index contributed by atoms with van der Waals surface area (Å²) >= 11 is 3.50. The van der Waals surface area contributed by atoms with Gasteiger partial charge in [-0.1, -0.05) is 12.1 Å². The quantitative estimate of drug-likeness (QED) is 0.749. The zero-order valence-electron chi connectivity index (χ0n) is 14.3. The number of nitrogens with zero attached hydrogens (tertiary/aromatic N) is 2. The lowest BCUT2D eigenvalue weighted by atomic mass is 10.0. The Morgan fingerprint density at radius 3 is 2.62 bits per heavy atom. The minimum absolute atomic E-state index is 0.104. The number of halogens is 1. The highest BCUT2D eigenvalue weighted by molar-refractivity contribution is 9.10. The molecule has 1 aromatic carbocycles. The van der Waals surface area contributed by atoms with Crippen molar-refractivity contribution < 1.29 is 9.53 Å². The van der Waals surface area contributed by atoms with Gasteiger partial charge in [-0.3, -0.25) is 4.79 Å². The molecule has 1 fully saturated rings. The summed E-state index contributed by atoms with van der Waals surface area (Å²) in [6, 6.07) is 10.4. The third kappa shape index (κ3) is 3.22. The Bertz CT molecular complexity index is 721.